The summed E-state index contributed by atoms with van der Waals surface area (Å²) in [6.07, 6.45) is 4.41. The third-order valence-electron chi connectivity index (χ3n) is 3.81. The van der Waals surface area contributed by atoms with Crippen LogP contribution in [-0.2, 0) is 4.79 Å². The topological polar surface area (TPSA) is 32.3 Å². The van der Waals surface area contributed by atoms with Crippen LogP contribution in [0.2, 0.25) is 0 Å². The van der Waals surface area contributed by atoms with Gasteiger partial charge in [-0.05, 0) is 46.1 Å². The highest BCUT2D eigenvalue weighted by molar-refractivity contribution is 5.79. The van der Waals surface area contributed by atoms with Crippen molar-refractivity contribution < 1.29 is 4.79 Å². The number of rotatable bonds is 1. The van der Waals surface area contributed by atoms with Crippen LogP contribution in [0.25, 0.3) is 0 Å². The van der Waals surface area contributed by atoms with E-state index in [9.17, 15) is 4.79 Å². The first-order chi connectivity index (χ1) is 7.18. The first-order valence-corrected chi connectivity index (χ1v) is 6.22. The summed E-state index contributed by atoms with van der Waals surface area (Å²) >= 11 is 0. The molecule has 1 amide bonds. The summed E-state index contributed by atoms with van der Waals surface area (Å²) < 4.78 is 0. The normalized spacial score (nSPS) is 36.9. The van der Waals surface area contributed by atoms with Crippen molar-refractivity contribution in [3.05, 3.63) is 0 Å². The maximum absolute atomic E-state index is 12.3. The molecule has 2 fully saturated rings. The van der Waals surface area contributed by atoms with Crippen LogP contribution in [0.3, 0.4) is 0 Å². The van der Waals surface area contributed by atoms with Gasteiger partial charge in [-0.15, -0.1) is 0 Å². The highest BCUT2D eigenvalue weighted by atomic mass is 16.2. The third-order valence-corrected chi connectivity index (χ3v) is 3.81. The standard InChI is InChI=1S/C12H22N2O/c1-9-8-11(5-6-13-9)12(15)14-7-3-4-10(14)2/h9-11,13H,3-8H2,1-2H3/t9-,10?,11-/m0/s1. The van der Waals surface area contributed by atoms with Gasteiger partial charge in [0.15, 0.2) is 0 Å². The molecule has 86 valence electrons. The van der Waals surface area contributed by atoms with Crippen LogP contribution >= 0.6 is 0 Å². The molecule has 3 atom stereocenters. The van der Waals surface area contributed by atoms with Crippen molar-refractivity contribution in [2.24, 2.45) is 5.92 Å². The zero-order valence-corrected chi connectivity index (χ0v) is 9.83. The number of nitrogens with zero attached hydrogens (tertiary/aromatic N) is 1. The first kappa shape index (κ1) is 10.9. The maximum Gasteiger partial charge on any atom is 0.226 e. The molecule has 2 heterocycles. The molecule has 3 heteroatoms. The monoisotopic (exact) mass is 210 g/mol. The summed E-state index contributed by atoms with van der Waals surface area (Å²) in [5, 5.41) is 3.40. The number of carbonyl (C=O) groups is 1. The Morgan fingerprint density at radius 2 is 2.13 bits per heavy atom. The molecule has 0 radical (unpaired) electrons. The van der Waals surface area contributed by atoms with Crippen molar-refractivity contribution in [2.75, 3.05) is 13.1 Å². The number of nitrogens with one attached hydrogen (secondary N) is 1. The number of amides is 1. The lowest BCUT2D eigenvalue weighted by Gasteiger charge is -2.32. The molecule has 15 heavy (non-hydrogen) atoms. The summed E-state index contributed by atoms with van der Waals surface area (Å²) in [5.74, 6) is 0.690. The minimum atomic E-state index is 0.279. The second kappa shape index (κ2) is 4.52. The molecule has 3 nitrogen and oxygen atoms in total. The Balaban J connectivity index is 1.94. The lowest BCUT2D eigenvalue weighted by molar-refractivity contribution is -0.137. The fourth-order valence-corrected chi connectivity index (χ4v) is 2.85. The van der Waals surface area contributed by atoms with Crippen molar-refractivity contribution in [1.82, 2.24) is 10.2 Å². The summed E-state index contributed by atoms with van der Waals surface area (Å²) in [7, 11) is 0. The zero-order valence-electron chi connectivity index (χ0n) is 9.83. The summed E-state index contributed by atoms with van der Waals surface area (Å²) in [4.78, 5) is 14.4. The zero-order chi connectivity index (χ0) is 10.8. The van der Waals surface area contributed by atoms with Gasteiger partial charge >= 0.3 is 0 Å². The van der Waals surface area contributed by atoms with E-state index in [2.05, 4.69) is 24.1 Å². The first-order valence-electron chi connectivity index (χ1n) is 6.22. The second-order valence-electron chi connectivity index (χ2n) is 5.10. The Morgan fingerprint density at radius 3 is 2.73 bits per heavy atom. The fraction of sp³-hybridized carbons (Fsp3) is 0.917. The Hall–Kier alpha value is -0.570. The molecule has 0 aromatic rings. The van der Waals surface area contributed by atoms with E-state index in [4.69, 9.17) is 0 Å². The van der Waals surface area contributed by atoms with E-state index in [0.29, 0.717) is 18.0 Å². The average molecular weight is 210 g/mol. The van der Waals surface area contributed by atoms with Gasteiger partial charge in [0.25, 0.3) is 0 Å². The third kappa shape index (κ3) is 2.33. The quantitative estimate of drug-likeness (QED) is 0.709. The Morgan fingerprint density at radius 1 is 1.33 bits per heavy atom. The molecule has 2 saturated heterocycles. The SMILES string of the molecule is CC1CCCN1C(=O)[C@H]1CCN[C@@H](C)C1. The molecular formula is C12H22N2O. The molecule has 0 bridgehead atoms. The lowest BCUT2D eigenvalue weighted by Crippen LogP contribution is -2.45. The largest absolute Gasteiger partial charge is 0.340 e. The molecule has 0 spiro atoms. The van der Waals surface area contributed by atoms with Crippen LogP contribution < -0.4 is 5.32 Å². The number of likely N-dealkylation sites (tertiary alicyclic amines) is 1. The van der Waals surface area contributed by atoms with Crippen molar-refractivity contribution in [3.63, 3.8) is 0 Å². The highest BCUT2D eigenvalue weighted by Crippen LogP contribution is 2.24. The van der Waals surface area contributed by atoms with Crippen LogP contribution in [0.4, 0.5) is 0 Å². The minimum Gasteiger partial charge on any atom is -0.340 e. The van der Waals surface area contributed by atoms with Gasteiger partial charge < -0.3 is 10.2 Å². The van der Waals surface area contributed by atoms with Crippen molar-refractivity contribution >= 4 is 5.91 Å². The summed E-state index contributed by atoms with van der Waals surface area (Å²) in [6.45, 7) is 6.33. The molecule has 2 aliphatic rings. The summed E-state index contributed by atoms with van der Waals surface area (Å²) in [6, 6.07) is 0.980. The number of hydrogen-bond acceptors (Lipinski definition) is 2. The molecule has 2 aliphatic heterocycles. The second-order valence-corrected chi connectivity index (χ2v) is 5.10. The summed E-state index contributed by atoms with van der Waals surface area (Å²) in [5.41, 5.74) is 0. The van der Waals surface area contributed by atoms with E-state index in [1.165, 1.54) is 12.8 Å². The van der Waals surface area contributed by atoms with E-state index in [-0.39, 0.29) is 5.92 Å². The molecule has 1 unspecified atom stereocenters. The molecule has 0 aliphatic carbocycles. The van der Waals surface area contributed by atoms with Crippen molar-refractivity contribution in [3.8, 4) is 0 Å². The predicted octanol–water partition coefficient (Wildman–Crippen LogP) is 1.39. The van der Waals surface area contributed by atoms with Gasteiger partial charge in [-0.25, -0.2) is 0 Å². The van der Waals surface area contributed by atoms with Crippen LogP contribution in [-0.4, -0.2) is 36.0 Å². The van der Waals surface area contributed by atoms with Crippen molar-refractivity contribution in [1.29, 1.82) is 0 Å². The van der Waals surface area contributed by atoms with E-state index in [1.54, 1.807) is 0 Å². The van der Waals surface area contributed by atoms with Crippen LogP contribution in [0.15, 0.2) is 0 Å². The van der Waals surface area contributed by atoms with Crippen molar-refractivity contribution in [2.45, 2.75) is 51.6 Å². The van der Waals surface area contributed by atoms with E-state index in [0.717, 1.165) is 25.9 Å². The smallest absolute Gasteiger partial charge is 0.226 e. The predicted molar refractivity (Wildman–Crippen MR) is 60.6 cm³/mol. The minimum absolute atomic E-state index is 0.279. The molecular weight excluding hydrogens is 188 g/mol. The molecule has 1 N–H and O–H groups in total. The van der Waals surface area contributed by atoms with Gasteiger partial charge in [0.2, 0.25) is 5.91 Å². The van der Waals surface area contributed by atoms with Gasteiger partial charge in [0.1, 0.15) is 0 Å². The Labute approximate surface area is 92.2 Å². The van der Waals surface area contributed by atoms with Crippen LogP contribution in [0, 0.1) is 5.92 Å². The lowest BCUT2D eigenvalue weighted by atomic mass is 9.92. The maximum atomic E-state index is 12.3. The molecule has 2 rings (SSSR count). The number of carbonyl (C=O) groups excluding carboxylic acids is 1. The van der Waals surface area contributed by atoms with Gasteiger partial charge in [0, 0.05) is 24.5 Å². The molecule has 0 aromatic heterocycles. The number of hydrogen-bond donors (Lipinski definition) is 1. The highest BCUT2D eigenvalue weighted by Gasteiger charge is 2.32. The Kier molecular flexibility index (Phi) is 3.29. The van der Waals surface area contributed by atoms with E-state index >= 15 is 0 Å². The van der Waals surface area contributed by atoms with Gasteiger partial charge in [-0.1, -0.05) is 0 Å². The molecule has 0 saturated carbocycles. The fourth-order valence-electron chi connectivity index (χ4n) is 2.85. The van der Waals surface area contributed by atoms with Crippen LogP contribution in [0.5, 0.6) is 0 Å². The van der Waals surface area contributed by atoms with Crippen LogP contribution in [0.1, 0.15) is 39.5 Å². The number of piperidine rings is 1. The average Bonchev–Trinajstić information content (AvgIpc) is 2.63. The van der Waals surface area contributed by atoms with Gasteiger partial charge in [0.05, 0.1) is 0 Å². The van der Waals surface area contributed by atoms with Gasteiger partial charge in [-0.2, -0.15) is 0 Å². The van der Waals surface area contributed by atoms with Gasteiger partial charge in [-0.3, -0.25) is 4.79 Å². The van der Waals surface area contributed by atoms with E-state index in [1.807, 2.05) is 0 Å². The molecule has 0 aromatic carbocycles. The Bertz CT molecular complexity index is 242. The van der Waals surface area contributed by atoms with E-state index < -0.39 is 0 Å².